The van der Waals surface area contributed by atoms with Gasteiger partial charge in [-0.1, -0.05) is 17.7 Å². The Balaban J connectivity index is 2.41. The fourth-order valence-electron chi connectivity index (χ4n) is 2.14. The third kappa shape index (κ3) is 3.19. The van der Waals surface area contributed by atoms with Gasteiger partial charge in [-0.25, -0.2) is 0 Å². The summed E-state index contributed by atoms with van der Waals surface area (Å²) in [5, 5.41) is 24.0. The van der Waals surface area contributed by atoms with E-state index in [0.29, 0.717) is 11.4 Å². The summed E-state index contributed by atoms with van der Waals surface area (Å²) in [5.74, 6) is -0.206. The first-order valence-electron chi connectivity index (χ1n) is 6.37. The average Bonchev–Trinajstić information content (AvgIpc) is 2.84. The minimum absolute atomic E-state index is 0.206. The van der Waals surface area contributed by atoms with E-state index in [2.05, 4.69) is 11.2 Å². The predicted octanol–water partition coefficient (Wildman–Crippen LogP) is 3.32. The van der Waals surface area contributed by atoms with Crippen molar-refractivity contribution in [2.24, 2.45) is 13.0 Å². The van der Waals surface area contributed by atoms with Crippen LogP contribution < -0.4 is 0 Å². The van der Waals surface area contributed by atoms with Gasteiger partial charge in [0.15, 0.2) is 0 Å². The van der Waals surface area contributed by atoms with E-state index in [0.717, 1.165) is 16.7 Å². The van der Waals surface area contributed by atoms with Crippen molar-refractivity contribution in [3.63, 3.8) is 0 Å². The third-order valence-electron chi connectivity index (χ3n) is 3.19. The van der Waals surface area contributed by atoms with Gasteiger partial charge in [0, 0.05) is 29.7 Å². The quantitative estimate of drug-likeness (QED) is 0.939. The number of benzene rings is 1. The van der Waals surface area contributed by atoms with Crippen LogP contribution in [0.25, 0.3) is 11.1 Å². The van der Waals surface area contributed by atoms with Crippen LogP contribution in [0, 0.1) is 17.2 Å². The first-order chi connectivity index (χ1) is 9.51. The largest absolute Gasteiger partial charge is 0.388 e. The number of nitrogens with zero attached hydrogens (tertiary/aromatic N) is 3. The lowest BCUT2D eigenvalue weighted by Crippen LogP contribution is -2.04. The number of aliphatic hydroxyl groups is 1. The lowest BCUT2D eigenvalue weighted by molar-refractivity contribution is 0.157. The number of rotatable bonds is 4. The van der Waals surface area contributed by atoms with Crippen molar-refractivity contribution in [2.45, 2.75) is 19.4 Å². The van der Waals surface area contributed by atoms with Crippen LogP contribution in [-0.4, -0.2) is 14.9 Å². The van der Waals surface area contributed by atoms with E-state index in [1.807, 2.05) is 19.3 Å². The first kappa shape index (κ1) is 14.6. The summed E-state index contributed by atoms with van der Waals surface area (Å²) in [6, 6.07) is 7.50. The lowest BCUT2D eigenvalue weighted by atomic mass is 9.93. The number of nitriles is 1. The number of hydrogen-bond acceptors (Lipinski definition) is 3. The van der Waals surface area contributed by atoms with Gasteiger partial charge in [-0.05, 0) is 36.6 Å². The summed E-state index contributed by atoms with van der Waals surface area (Å²) < 4.78 is 1.70. The van der Waals surface area contributed by atoms with E-state index in [4.69, 9.17) is 16.9 Å². The molecule has 0 aliphatic rings. The molecule has 1 aromatic heterocycles. The molecule has 2 aromatic rings. The summed E-state index contributed by atoms with van der Waals surface area (Å²) in [4.78, 5) is 0. The molecule has 0 aliphatic heterocycles. The van der Waals surface area contributed by atoms with E-state index in [1.54, 1.807) is 29.9 Å². The van der Waals surface area contributed by atoms with Gasteiger partial charge in [0.05, 0.1) is 18.4 Å². The molecule has 104 valence electrons. The van der Waals surface area contributed by atoms with E-state index >= 15 is 0 Å². The number of aryl methyl sites for hydroxylation is 1. The van der Waals surface area contributed by atoms with Gasteiger partial charge in [0.1, 0.15) is 0 Å². The zero-order valence-corrected chi connectivity index (χ0v) is 12.2. The summed E-state index contributed by atoms with van der Waals surface area (Å²) in [6.45, 7) is 1.79. The van der Waals surface area contributed by atoms with E-state index < -0.39 is 6.10 Å². The second-order valence-corrected chi connectivity index (χ2v) is 5.35. The second kappa shape index (κ2) is 6.08. The molecule has 0 bridgehead atoms. The van der Waals surface area contributed by atoms with Crippen LogP contribution in [0.3, 0.4) is 0 Å². The Labute approximate surface area is 123 Å². The molecule has 5 heteroatoms. The molecule has 0 saturated heterocycles. The van der Waals surface area contributed by atoms with E-state index in [-0.39, 0.29) is 5.92 Å². The van der Waals surface area contributed by atoms with Crippen molar-refractivity contribution in [2.75, 3.05) is 0 Å². The van der Waals surface area contributed by atoms with E-state index in [9.17, 15) is 5.11 Å². The fraction of sp³-hybridized carbons (Fsp3) is 0.333. The van der Waals surface area contributed by atoms with Gasteiger partial charge in [-0.2, -0.15) is 10.4 Å². The molecule has 0 aliphatic carbocycles. The van der Waals surface area contributed by atoms with Gasteiger partial charge in [0.25, 0.3) is 0 Å². The zero-order valence-electron chi connectivity index (χ0n) is 11.4. The van der Waals surface area contributed by atoms with Crippen molar-refractivity contribution in [1.82, 2.24) is 9.78 Å². The van der Waals surface area contributed by atoms with Crippen molar-refractivity contribution in [3.8, 4) is 17.2 Å². The Morgan fingerprint density at radius 2 is 2.25 bits per heavy atom. The SMILES string of the molecule is C[C@H](C#N)C[C@@H](O)c1ccc(Cl)cc1-c1cnn(C)c1. The lowest BCUT2D eigenvalue weighted by Gasteiger charge is -2.16. The minimum atomic E-state index is -0.697. The highest BCUT2D eigenvalue weighted by Gasteiger charge is 2.17. The number of aromatic nitrogens is 2. The van der Waals surface area contributed by atoms with Crippen LogP contribution in [0.2, 0.25) is 5.02 Å². The van der Waals surface area contributed by atoms with Crippen molar-refractivity contribution < 1.29 is 5.11 Å². The van der Waals surface area contributed by atoms with Gasteiger partial charge >= 0.3 is 0 Å². The highest BCUT2D eigenvalue weighted by molar-refractivity contribution is 6.30. The smallest absolute Gasteiger partial charge is 0.0808 e. The monoisotopic (exact) mass is 289 g/mol. The first-order valence-corrected chi connectivity index (χ1v) is 6.75. The molecule has 2 atom stereocenters. The molecule has 0 spiro atoms. The molecule has 1 N–H and O–H groups in total. The van der Waals surface area contributed by atoms with Crippen LogP contribution in [0.5, 0.6) is 0 Å². The molecule has 0 saturated carbocycles. The summed E-state index contributed by atoms with van der Waals surface area (Å²) >= 11 is 6.05. The Morgan fingerprint density at radius 3 is 2.85 bits per heavy atom. The molecule has 0 unspecified atom stereocenters. The van der Waals surface area contributed by atoms with Gasteiger partial charge in [0.2, 0.25) is 0 Å². The highest BCUT2D eigenvalue weighted by atomic mass is 35.5. The average molecular weight is 290 g/mol. The van der Waals surface area contributed by atoms with E-state index in [1.165, 1.54) is 0 Å². The molecule has 4 nitrogen and oxygen atoms in total. The Morgan fingerprint density at radius 1 is 1.50 bits per heavy atom. The maximum Gasteiger partial charge on any atom is 0.0808 e. The van der Waals surface area contributed by atoms with Crippen molar-refractivity contribution in [3.05, 3.63) is 41.2 Å². The molecule has 0 radical (unpaired) electrons. The standard InChI is InChI=1S/C15H16ClN3O/c1-10(7-17)5-15(20)13-4-3-12(16)6-14(13)11-8-18-19(2)9-11/h3-4,6,8-10,15,20H,5H2,1-2H3/t10-,15+/m0/s1. The molecule has 0 amide bonds. The summed E-state index contributed by atoms with van der Waals surface area (Å²) in [5.41, 5.74) is 2.52. The predicted molar refractivity (Wildman–Crippen MR) is 78.0 cm³/mol. The van der Waals surface area contributed by atoms with Crippen LogP contribution in [0.15, 0.2) is 30.6 Å². The number of aliphatic hydroxyl groups excluding tert-OH is 1. The number of halogens is 1. The Bertz CT molecular complexity index is 645. The summed E-state index contributed by atoms with van der Waals surface area (Å²) in [6.07, 6.45) is 3.30. The van der Waals surface area contributed by atoms with Gasteiger partial charge < -0.3 is 5.11 Å². The van der Waals surface area contributed by atoms with Crippen LogP contribution >= 0.6 is 11.6 Å². The molecular formula is C15H16ClN3O. The molecule has 1 heterocycles. The minimum Gasteiger partial charge on any atom is -0.388 e. The van der Waals surface area contributed by atoms with Crippen LogP contribution in [0.4, 0.5) is 0 Å². The molecule has 2 rings (SSSR count). The van der Waals surface area contributed by atoms with Crippen LogP contribution in [-0.2, 0) is 7.05 Å². The molecule has 0 fully saturated rings. The van der Waals surface area contributed by atoms with Gasteiger partial charge in [-0.3, -0.25) is 4.68 Å². The highest BCUT2D eigenvalue weighted by Crippen LogP contribution is 2.33. The second-order valence-electron chi connectivity index (χ2n) is 4.92. The maximum atomic E-state index is 10.3. The molecule has 20 heavy (non-hydrogen) atoms. The molecule has 1 aromatic carbocycles. The zero-order chi connectivity index (χ0) is 14.7. The Kier molecular flexibility index (Phi) is 4.43. The number of hydrogen-bond donors (Lipinski definition) is 1. The summed E-state index contributed by atoms with van der Waals surface area (Å²) in [7, 11) is 1.84. The molecular weight excluding hydrogens is 274 g/mol. The van der Waals surface area contributed by atoms with Crippen LogP contribution in [0.1, 0.15) is 25.0 Å². The van der Waals surface area contributed by atoms with Crippen molar-refractivity contribution in [1.29, 1.82) is 5.26 Å². The maximum absolute atomic E-state index is 10.3. The fourth-order valence-corrected chi connectivity index (χ4v) is 2.32. The normalized spacial score (nSPS) is 13.8. The topological polar surface area (TPSA) is 61.8 Å². The Hall–Kier alpha value is -1.83. The van der Waals surface area contributed by atoms with Crippen molar-refractivity contribution >= 4 is 11.6 Å². The van der Waals surface area contributed by atoms with Gasteiger partial charge in [-0.15, -0.1) is 0 Å². The third-order valence-corrected chi connectivity index (χ3v) is 3.42.